The van der Waals surface area contributed by atoms with Crippen LogP contribution in [0.1, 0.15) is 19.0 Å². The van der Waals surface area contributed by atoms with Crippen molar-refractivity contribution < 1.29 is 9.59 Å². The van der Waals surface area contributed by atoms with E-state index in [2.05, 4.69) is 11.9 Å². The Morgan fingerprint density at radius 2 is 1.82 bits per heavy atom. The maximum Gasteiger partial charge on any atom is 0.228 e. The number of thioether (sulfide) groups is 1. The molecule has 5 nitrogen and oxygen atoms in total. The van der Waals surface area contributed by atoms with E-state index < -0.39 is 0 Å². The molecule has 120 valence electrons. The fourth-order valence-electron chi connectivity index (χ4n) is 2.44. The largest absolute Gasteiger partial charge is 0.339 e. The standard InChI is InChI=1S/C16H23N3O2S/c1-2-22-12-6-15(20)18-8-10-19(11-9-18)16(21)13-14-5-3-4-7-17-14/h3-5,7H,2,6,8-13H2,1H3. The van der Waals surface area contributed by atoms with Gasteiger partial charge in [-0.3, -0.25) is 14.6 Å². The highest BCUT2D eigenvalue weighted by Crippen LogP contribution is 2.09. The fraction of sp³-hybridized carbons (Fsp3) is 0.562. The van der Waals surface area contributed by atoms with Gasteiger partial charge in [0.25, 0.3) is 0 Å². The van der Waals surface area contributed by atoms with E-state index in [1.165, 1.54) is 0 Å². The van der Waals surface area contributed by atoms with Crippen LogP contribution in [0.5, 0.6) is 0 Å². The lowest BCUT2D eigenvalue weighted by Gasteiger charge is -2.34. The maximum absolute atomic E-state index is 12.2. The first-order chi connectivity index (χ1) is 10.7. The highest BCUT2D eigenvalue weighted by atomic mass is 32.2. The highest BCUT2D eigenvalue weighted by Gasteiger charge is 2.23. The van der Waals surface area contributed by atoms with Crippen LogP contribution >= 0.6 is 11.8 Å². The molecule has 1 aliphatic heterocycles. The molecule has 2 amide bonds. The number of nitrogens with zero attached hydrogens (tertiary/aromatic N) is 3. The Morgan fingerprint density at radius 1 is 1.14 bits per heavy atom. The summed E-state index contributed by atoms with van der Waals surface area (Å²) in [6.07, 6.45) is 2.63. The Balaban J connectivity index is 1.74. The zero-order valence-electron chi connectivity index (χ0n) is 13.0. The first-order valence-electron chi connectivity index (χ1n) is 7.74. The van der Waals surface area contributed by atoms with Gasteiger partial charge in [0, 0.05) is 50.2 Å². The summed E-state index contributed by atoms with van der Waals surface area (Å²) in [7, 11) is 0. The van der Waals surface area contributed by atoms with Crippen molar-refractivity contribution in [2.24, 2.45) is 0 Å². The van der Waals surface area contributed by atoms with Crippen molar-refractivity contribution in [2.75, 3.05) is 37.7 Å². The molecule has 0 aromatic carbocycles. The first-order valence-corrected chi connectivity index (χ1v) is 8.89. The number of pyridine rings is 1. The second kappa shape index (κ2) is 8.78. The zero-order chi connectivity index (χ0) is 15.8. The van der Waals surface area contributed by atoms with Crippen molar-refractivity contribution in [1.82, 2.24) is 14.8 Å². The molecular formula is C16H23N3O2S. The molecule has 6 heteroatoms. The van der Waals surface area contributed by atoms with Crippen LogP contribution in [0, 0.1) is 0 Å². The molecule has 1 aliphatic rings. The minimum atomic E-state index is 0.0901. The highest BCUT2D eigenvalue weighted by molar-refractivity contribution is 7.99. The predicted octanol–water partition coefficient (Wildman–Crippen LogP) is 1.44. The minimum absolute atomic E-state index is 0.0901. The number of aromatic nitrogens is 1. The van der Waals surface area contributed by atoms with Gasteiger partial charge in [-0.25, -0.2) is 0 Å². The van der Waals surface area contributed by atoms with E-state index in [0.29, 0.717) is 39.0 Å². The van der Waals surface area contributed by atoms with Gasteiger partial charge in [0.05, 0.1) is 6.42 Å². The molecule has 0 aliphatic carbocycles. The lowest BCUT2D eigenvalue weighted by molar-refractivity contribution is -0.139. The van der Waals surface area contributed by atoms with Gasteiger partial charge in [-0.1, -0.05) is 13.0 Å². The molecule has 0 unspecified atom stereocenters. The molecule has 0 saturated carbocycles. The van der Waals surface area contributed by atoms with Gasteiger partial charge in [0.1, 0.15) is 0 Å². The fourth-order valence-corrected chi connectivity index (χ4v) is 3.04. The summed E-state index contributed by atoms with van der Waals surface area (Å²) in [4.78, 5) is 32.2. The van der Waals surface area contributed by atoms with Gasteiger partial charge in [-0.15, -0.1) is 0 Å². The molecule has 22 heavy (non-hydrogen) atoms. The first kappa shape index (κ1) is 16.8. The third-order valence-corrected chi connectivity index (χ3v) is 4.61. The molecule has 1 saturated heterocycles. The Hall–Kier alpha value is -1.56. The van der Waals surface area contributed by atoms with Crippen molar-refractivity contribution in [1.29, 1.82) is 0 Å². The minimum Gasteiger partial charge on any atom is -0.339 e. The second-order valence-corrected chi connectivity index (χ2v) is 6.60. The van der Waals surface area contributed by atoms with E-state index in [1.54, 1.807) is 18.0 Å². The van der Waals surface area contributed by atoms with Crippen LogP contribution in [0.25, 0.3) is 0 Å². The normalized spacial score (nSPS) is 15.0. The van der Waals surface area contributed by atoms with Crippen LogP contribution in [0.3, 0.4) is 0 Å². The quantitative estimate of drug-likeness (QED) is 0.744. The molecule has 0 N–H and O–H groups in total. The number of hydrogen-bond acceptors (Lipinski definition) is 4. The summed E-state index contributed by atoms with van der Waals surface area (Å²) in [6.45, 7) is 4.63. The van der Waals surface area contributed by atoms with E-state index in [9.17, 15) is 9.59 Å². The maximum atomic E-state index is 12.2. The van der Waals surface area contributed by atoms with E-state index in [-0.39, 0.29) is 11.8 Å². The lowest BCUT2D eigenvalue weighted by atomic mass is 10.2. The molecule has 0 bridgehead atoms. The number of carbonyl (C=O) groups is 2. The number of rotatable bonds is 6. The second-order valence-electron chi connectivity index (χ2n) is 5.21. The van der Waals surface area contributed by atoms with Crippen molar-refractivity contribution in [3.63, 3.8) is 0 Å². The third-order valence-electron chi connectivity index (χ3n) is 3.71. The summed E-state index contributed by atoms with van der Waals surface area (Å²) < 4.78 is 0. The van der Waals surface area contributed by atoms with Gasteiger partial charge in [-0.2, -0.15) is 11.8 Å². The van der Waals surface area contributed by atoms with E-state index in [1.807, 2.05) is 28.0 Å². The molecule has 1 aromatic rings. The number of hydrogen-bond donors (Lipinski definition) is 0. The lowest BCUT2D eigenvalue weighted by Crippen LogP contribution is -2.51. The summed E-state index contributed by atoms with van der Waals surface area (Å²) in [5, 5.41) is 0. The average Bonchev–Trinajstić information content (AvgIpc) is 2.56. The van der Waals surface area contributed by atoms with Crippen LogP contribution in [0.2, 0.25) is 0 Å². The topological polar surface area (TPSA) is 53.5 Å². The van der Waals surface area contributed by atoms with Gasteiger partial charge < -0.3 is 9.80 Å². The van der Waals surface area contributed by atoms with Gasteiger partial charge in [-0.05, 0) is 17.9 Å². The smallest absolute Gasteiger partial charge is 0.228 e. The number of amides is 2. The Labute approximate surface area is 136 Å². The van der Waals surface area contributed by atoms with Crippen LogP contribution in [0.15, 0.2) is 24.4 Å². The third kappa shape index (κ3) is 5.02. The Morgan fingerprint density at radius 3 is 2.41 bits per heavy atom. The monoisotopic (exact) mass is 321 g/mol. The summed E-state index contributed by atoms with van der Waals surface area (Å²) in [5.74, 6) is 2.22. The van der Waals surface area contributed by atoms with E-state index in [0.717, 1.165) is 17.2 Å². The van der Waals surface area contributed by atoms with E-state index >= 15 is 0 Å². The predicted molar refractivity (Wildman–Crippen MR) is 88.7 cm³/mol. The molecule has 1 fully saturated rings. The summed E-state index contributed by atoms with van der Waals surface area (Å²) >= 11 is 1.79. The number of carbonyl (C=O) groups excluding carboxylic acids is 2. The molecular weight excluding hydrogens is 298 g/mol. The molecule has 2 heterocycles. The van der Waals surface area contributed by atoms with Crippen LogP contribution in [-0.4, -0.2) is 64.3 Å². The SMILES string of the molecule is CCSCCC(=O)N1CCN(C(=O)Cc2ccccn2)CC1. The zero-order valence-corrected chi connectivity index (χ0v) is 13.8. The summed E-state index contributed by atoms with van der Waals surface area (Å²) in [5.41, 5.74) is 0.794. The molecule has 0 spiro atoms. The number of piperazine rings is 1. The van der Waals surface area contributed by atoms with Gasteiger partial charge >= 0.3 is 0 Å². The van der Waals surface area contributed by atoms with Crippen molar-refractivity contribution in [3.8, 4) is 0 Å². The Kier molecular flexibility index (Phi) is 6.71. The average molecular weight is 321 g/mol. The van der Waals surface area contributed by atoms with Crippen LogP contribution in [-0.2, 0) is 16.0 Å². The van der Waals surface area contributed by atoms with Gasteiger partial charge in [0.2, 0.25) is 11.8 Å². The van der Waals surface area contributed by atoms with Crippen molar-refractivity contribution in [2.45, 2.75) is 19.8 Å². The van der Waals surface area contributed by atoms with Crippen LogP contribution < -0.4 is 0 Å². The van der Waals surface area contributed by atoms with Crippen molar-refractivity contribution in [3.05, 3.63) is 30.1 Å². The molecule has 0 atom stereocenters. The molecule has 1 aromatic heterocycles. The van der Waals surface area contributed by atoms with Crippen LogP contribution in [0.4, 0.5) is 0 Å². The van der Waals surface area contributed by atoms with Gasteiger partial charge in [0.15, 0.2) is 0 Å². The molecule has 0 radical (unpaired) electrons. The summed E-state index contributed by atoms with van der Waals surface area (Å²) in [6, 6.07) is 5.60. The van der Waals surface area contributed by atoms with Crippen molar-refractivity contribution >= 4 is 23.6 Å². The Bertz CT molecular complexity index is 487. The molecule has 2 rings (SSSR count). The van der Waals surface area contributed by atoms with E-state index in [4.69, 9.17) is 0 Å².